The number of hydrogen-bond acceptors (Lipinski definition) is 5. The van der Waals surface area contributed by atoms with Crippen molar-refractivity contribution in [3.8, 4) is 6.19 Å². The highest BCUT2D eigenvalue weighted by Gasteiger charge is 2.28. The van der Waals surface area contributed by atoms with Gasteiger partial charge in [0.05, 0.1) is 16.6 Å². The molecule has 9 nitrogen and oxygen atoms in total. The second-order valence-electron chi connectivity index (χ2n) is 9.07. The lowest BCUT2D eigenvalue weighted by molar-refractivity contribution is -0.136. The van der Waals surface area contributed by atoms with Gasteiger partial charge in [-0.05, 0) is 74.6 Å². The van der Waals surface area contributed by atoms with Crippen LogP contribution in [0.2, 0.25) is 10.0 Å². The number of aryl methyl sites for hydroxylation is 1. The molecule has 1 aromatic heterocycles. The largest absolute Gasteiger partial charge is 0.461 e. The van der Waals surface area contributed by atoms with E-state index in [4.69, 9.17) is 27.6 Å². The zero-order valence-electron chi connectivity index (χ0n) is 20.9. The van der Waals surface area contributed by atoms with E-state index < -0.39 is 6.04 Å². The van der Waals surface area contributed by atoms with Crippen LogP contribution in [0.3, 0.4) is 0 Å². The van der Waals surface area contributed by atoms with Crippen LogP contribution in [0.15, 0.2) is 51.9 Å². The Balaban J connectivity index is 1.38. The maximum atomic E-state index is 13.3. The first kappa shape index (κ1) is 27.3. The first-order valence-electron chi connectivity index (χ1n) is 12.3. The Labute approximate surface area is 230 Å². The van der Waals surface area contributed by atoms with Crippen molar-refractivity contribution in [1.82, 2.24) is 15.5 Å². The third-order valence-corrected chi connectivity index (χ3v) is 6.91. The standard InChI is InChI=1S/C27H28Cl2N6O3/c1-17-12-19-14-20(6-8-24(19)38-17)33-27(32-16-30)34-23-4-2-3-11-35(26(23)37)15-25(36)31-10-9-18-5-7-21(28)22(29)13-18/h5-8,12-14,23H,2-4,9-11,15H2,1H3,(H,31,36)(H2,32,33,34). The molecule has 2 amide bonds. The molecule has 38 heavy (non-hydrogen) atoms. The molecular weight excluding hydrogens is 527 g/mol. The number of carbonyl (C=O) groups is 2. The van der Waals surface area contributed by atoms with E-state index in [1.165, 1.54) is 4.90 Å². The van der Waals surface area contributed by atoms with Crippen LogP contribution in [0.4, 0.5) is 5.69 Å². The van der Waals surface area contributed by atoms with Gasteiger partial charge in [-0.25, -0.2) is 4.99 Å². The fourth-order valence-electron chi connectivity index (χ4n) is 4.33. The highest BCUT2D eigenvalue weighted by molar-refractivity contribution is 6.42. The number of fused-ring (bicyclic) bond motifs is 1. The molecule has 0 spiro atoms. The lowest BCUT2D eigenvalue weighted by Gasteiger charge is -2.22. The number of rotatable bonds is 7. The number of nitrogens with zero attached hydrogens (tertiary/aromatic N) is 3. The zero-order valence-corrected chi connectivity index (χ0v) is 22.4. The van der Waals surface area contributed by atoms with Crippen LogP contribution < -0.4 is 16.0 Å². The van der Waals surface area contributed by atoms with Crippen LogP contribution >= 0.6 is 23.2 Å². The van der Waals surface area contributed by atoms with E-state index >= 15 is 0 Å². The van der Waals surface area contributed by atoms with Gasteiger partial charge in [0.15, 0.2) is 6.19 Å². The maximum absolute atomic E-state index is 13.3. The molecule has 11 heteroatoms. The summed E-state index contributed by atoms with van der Waals surface area (Å²) in [6.07, 6.45) is 4.51. The number of nitrogens with one attached hydrogen (secondary N) is 3. The second-order valence-corrected chi connectivity index (χ2v) is 9.88. The summed E-state index contributed by atoms with van der Waals surface area (Å²) in [5.41, 5.74) is 2.40. The molecule has 1 aliphatic rings. The molecule has 0 saturated carbocycles. The molecule has 3 N–H and O–H groups in total. The summed E-state index contributed by atoms with van der Waals surface area (Å²) in [4.78, 5) is 31.9. The normalized spacial score (nSPS) is 16.2. The van der Waals surface area contributed by atoms with Crippen molar-refractivity contribution in [1.29, 1.82) is 5.26 Å². The third kappa shape index (κ3) is 7.18. The van der Waals surface area contributed by atoms with Crippen molar-refractivity contribution in [3.63, 3.8) is 0 Å². The number of nitriles is 1. The molecule has 1 fully saturated rings. The topological polar surface area (TPSA) is 123 Å². The number of guanidine groups is 1. The van der Waals surface area contributed by atoms with Gasteiger partial charge in [-0.3, -0.25) is 14.9 Å². The predicted octanol–water partition coefficient (Wildman–Crippen LogP) is 4.63. The number of furan rings is 1. The number of aliphatic imine (C=N–C) groups is 1. The van der Waals surface area contributed by atoms with Crippen LogP contribution in [0, 0.1) is 18.4 Å². The fourth-order valence-corrected chi connectivity index (χ4v) is 4.65. The van der Waals surface area contributed by atoms with Gasteiger partial charge in [0.2, 0.25) is 17.8 Å². The molecule has 1 atom stereocenters. The molecule has 4 rings (SSSR count). The Hall–Kier alpha value is -3.74. The van der Waals surface area contributed by atoms with Crippen molar-refractivity contribution in [2.75, 3.05) is 25.0 Å². The lowest BCUT2D eigenvalue weighted by Crippen LogP contribution is -2.44. The van der Waals surface area contributed by atoms with E-state index in [9.17, 15) is 14.9 Å². The Morgan fingerprint density at radius 2 is 2.03 bits per heavy atom. The monoisotopic (exact) mass is 554 g/mol. The minimum atomic E-state index is -0.718. The lowest BCUT2D eigenvalue weighted by atomic mass is 10.1. The number of carbonyl (C=O) groups excluding carboxylic acids is 2. The van der Waals surface area contributed by atoms with Gasteiger partial charge in [-0.2, -0.15) is 5.26 Å². The highest BCUT2D eigenvalue weighted by Crippen LogP contribution is 2.24. The SMILES string of the molecule is Cc1cc2cc(NC(=NC3CCCCN(CC(=O)NCCc4ccc(Cl)c(Cl)c4)C3=O)NC#N)ccc2o1. The Morgan fingerprint density at radius 1 is 1.18 bits per heavy atom. The van der Waals surface area contributed by atoms with Crippen molar-refractivity contribution < 1.29 is 14.0 Å². The number of likely N-dealkylation sites (tertiary alicyclic amines) is 1. The van der Waals surface area contributed by atoms with Crippen molar-refractivity contribution in [2.24, 2.45) is 4.99 Å². The Bertz CT molecular complexity index is 1400. The van der Waals surface area contributed by atoms with E-state index in [0.29, 0.717) is 41.7 Å². The summed E-state index contributed by atoms with van der Waals surface area (Å²) in [6, 6.07) is 12.1. The van der Waals surface area contributed by atoms with Gasteiger partial charge < -0.3 is 20.0 Å². The van der Waals surface area contributed by atoms with Gasteiger partial charge in [0, 0.05) is 24.2 Å². The fraction of sp³-hybridized carbons (Fsp3) is 0.333. The van der Waals surface area contributed by atoms with Crippen LogP contribution in [0.25, 0.3) is 11.0 Å². The molecule has 1 aliphatic heterocycles. The van der Waals surface area contributed by atoms with Gasteiger partial charge in [0.25, 0.3) is 0 Å². The van der Waals surface area contributed by atoms with Gasteiger partial charge in [-0.1, -0.05) is 29.3 Å². The smallest absolute Gasteiger partial charge is 0.247 e. The van der Waals surface area contributed by atoms with Crippen molar-refractivity contribution in [3.05, 3.63) is 63.8 Å². The summed E-state index contributed by atoms with van der Waals surface area (Å²) in [7, 11) is 0. The number of anilines is 1. The molecule has 0 bridgehead atoms. The number of hydrogen-bond donors (Lipinski definition) is 3. The first-order chi connectivity index (χ1) is 18.3. The average molecular weight is 555 g/mol. The average Bonchev–Trinajstić information content (AvgIpc) is 3.17. The van der Waals surface area contributed by atoms with E-state index in [0.717, 1.165) is 35.1 Å². The summed E-state index contributed by atoms with van der Waals surface area (Å²) in [6.45, 7) is 2.69. The highest BCUT2D eigenvalue weighted by atomic mass is 35.5. The van der Waals surface area contributed by atoms with Crippen LogP contribution in [0.5, 0.6) is 0 Å². The molecule has 0 aliphatic carbocycles. The van der Waals surface area contributed by atoms with E-state index in [1.54, 1.807) is 12.1 Å². The minimum absolute atomic E-state index is 0.0584. The van der Waals surface area contributed by atoms with E-state index in [-0.39, 0.29) is 24.3 Å². The first-order valence-corrected chi connectivity index (χ1v) is 13.1. The summed E-state index contributed by atoms with van der Waals surface area (Å²) < 4.78 is 5.61. The number of halogens is 2. The van der Waals surface area contributed by atoms with E-state index in [2.05, 4.69) is 20.9 Å². The molecule has 0 radical (unpaired) electrons. The minimum Gasteiger partial charge on any atom is -0.461 e. The van der Waals surface area contributed by atoms with Crippen LogP contribution in [-0.4, -0.2) is 48.3 Å². The van der Waals surface area contributed by atoms with Crippen LogP contribution in [0.1, 0.15) is 30.6 Å². The van der Waals surface area contributed by atoms with Crippen LogP contribution in [-0.2, 0) is 16.0 Å². The third-order valence-electron chi connectivity index (χ3n) is 6.17. The molecule has 198 valence electrons. The molecule has 2 heterocycles. The molecule has 3 aromatic rings. The second kappa shape index (κ2) is 12.7. The Morgan fingerprint density at radius 3 is 2.82 bits per heavy atom. The number of amides is 2. The predicted molar refractivity (Wildman–Crippen MR) is 148 cm³/mol. The van der Waals surface area contributed by atoms with Crippen molar-refractivity contribution >= 4 is 57.6 Å². The van der Waals surface area contributed by atoms with Gasteiger partial charge in [0.1, 0.15) is 17.4 Å². The summed E-state index contributed by atoms with van der Waals surface area (Å²) in [5, 5.41) is 19.6. The quantitative estimate of drug-likeness (QED) is 0.169. The summed E-state index contributed by atoms with van der Waals surface area (Å²) in [5.74, 6) is 0.462. The maximum Gasteiger partial charge on any atom is 0.247 e. The van der Waals surface area contributed by atoms with E-state index in [1.807, 2.05) is 43.4 Å². The molecular formula is C27H28Cl2N6O3. The summed E-state index contributed by atoms with van der Waals surface area (Å²) >= 11 is 12.0. The number of benzene rings is 2. The van der Waals surface area contributed by atoms with Gasteiger partial charge in [-0.15, -0.1) is 0 Å². The zero-order chi connectivity index (χ0) is 27.1. The van der Waals surface area contributed by atoms with Gasteiger partial charge >= 0.3 is 0 Å². The molecule has 2 aromatic carbocycles. The molecule has 1 unspecified atom stereocenters. The molecule has 1 saturated heterocycles. The van der Waals surface area contributed by atoms with Crippen molar-refractivity contribution in [2.45, 2.75) is 38.6 Å². The Kier molecular flexibility index (Phi) is 9.10.